The number of halogens is 7. The van der Waals surface area contributed by atoms with Gasteiger partial charge in [0.1, 0.15) is 5.60 Å². The fraction of sp³-hybridized carbons (Fsp3) is 0.368. The van der Waals surface area contributed by atoms with Gasteiger partial charge in [0.2, 0.25) is 0 Å². The molecule has 0 amide bonds. The van der Waals surface area contributed by atoms with Gasteiger partial charge in [-0.15, -0.1) is 0 Å². The fourth-order valence-corrected chi connectivity index (χ4v) is 3.20. The third-order valence-corrected chi connectivity index (χ3v) is 4.86. The minimum Gasteiger partial charge on any atom is -0.380 e. The van der Waals surface area contributed by atoms with Crippen LogP contribution in [-0.2, 0) is 18.0 Å². The van der Waals surface area contributed by atoms with Crippen molar-refractivity contribution in [2.75, 3.05) is 5.33 Å². The summed E-state index contributed by atoms with van der Waals surface area (Å²) in [6, 6.07) is 8.07. The minimum atomic E-state index is -4.51. The summed E-state index contributed by atoms with van der Waals surface area (Å²) in [7, 11) is 0. The number of unbranched alkanes of at least 4 members (excludes halogenated alkanes) is 1. The third kappa shape index (κ3) is 5.25. The first kappa shape index (κ1) is 21.8. The van der Waals surface area contributed by atoms with Crippen molar-refractivity contribution < 1.29 is 31.4 Å². The number of benzene rings is 2. The Bertz CT molecular complexity index is 677. The zero-order valence-corrected chi connectivity index (χ0v) is 15.6. The summed E-state index contributed by atoms with van der Waals surface area (Å²) in [6.07, 6.45) is -7.63. The molecule has 0 heterocycles. The summed E-state index contributed by atoms with van der Waals surface area (Å²) in [5, 5.41) is 11.9. The molecular formula is C19H17BrF6O. The van der Waals surface area contributed by atoms with Crippen LogP contribution < -0.4 is 0 Å². The average molecular weight is 455 g/mol. The molecule has 1 nitrogen and oxygen atoms in total. The fourth-order valence-electron chi connectivity index (χ4n) is 2.80. The molecule has 0 aliphatic heterocycles. The standard InChI is InChI=1S/C19H17BrF6O/c20-12-2-1-11-17(27,13-3-7-15(8-4-13)18(21,22)23)14-5-9-16(10-6-14)19(24,25)26/h3-10,27H,1-2,11-12H2. The first-order valence-electron chi connectivity index (χ1n) is 8.12. The molecule has 0 radical (unpaired) electrons. The first-order chi connectivity index (χ1) is 12.5. The maximum atomic E-state index is 12.8. The molecule has 0 fully saturated rings. The Balaban J connectivity index is 2.43. The van der Waals surface area contributed by atoms with Crippen molar-refractivity contribution >= 4 is 15.9 Å². The Morgan fingerprint density at radius 1 is 0.630 bits per heavy atom. The van der Waals surface area contributed by atoms with E-state index in [1.165, 1.54) is 0 Å². The average Bonchev–Trinajstić information content (AvgIpc) is 2.60. The van der Waals surface area contributed by atoms with Crippen molar-refractivity contribution in [2.45, 2.75) is 37.2 Å². The van der Waals surface area contributed by atoms with Crippen molar-refractivity contribution in [3.8, 4) is 0 Å². The smallest absolute Gasteiger partial charge is 0.380 e. The van der Waals surface area contributed by atoms with Gasteiger partial charge in [-0.2, -0.15) is 26.3 Å². The highest BCUT2D eigenvalue weighted by Gasteiger charge is 2.35. The molecule has 2 aromatic carbocycles. The van der Waals surface area contributed by atoms with Crippen LogP contribution in [0.1, 0.15) is 41.5 Å². The molecule has 0 unspecified atom stereocenters. The third-order valence-electron chi connectivity index (χ3n) is 4.30. The lowest BCUT2D eigenvalue weighted by Crippen LogP contribution is -2.27. The Hall–Kier alpha value is -1.54. The van der Waals surface area contributed by atoms with E-state index >= 15 is 0 Å². The van der Waals surface area contributed by atoms with E-state index in [9.17, 15) is 31.4 Å². The van der Waals surface area contributed by atoms with E-state index in [0.29, 0.717) is 18.2 Å². The van der Waals surface area contributed by atoms with Gasteiger partial charge in [0.15, 0.2) is 0 Å². The number of hydrogen-bond acceptors (Lipinski definition) is 1. The summed E-state index contributed by atoms with van der Waals surface area (Å²) in [6.45, 7) is 0. The van der Waals surface area contributed by atoms with Gasteiger partial charge in [-0.05, 0) is 54.7 Å². The highest BCUT2D eigenvalue weighted by atomic mass is 79.9. The van der Waals surface area contributed by atoms with E-state index < -0.39 is 29.1 Å². The predicted octanol–water partition coefficient (Wildman–Crippen LogP) is 6.53. The minimum absolute atomic E-state index is 0.162. The van der Waals surface area contributed by atoms with E-state index in [1.54, 1.807) is 0 Å². The Morgan fingerprint density at radius 3 is 1.26 bits per heavy atom. The monoisotopic (exact) mass is 454 g/mol. The van der Waals surface area contributed by atoms with E-state index in [1.807, 2.05) is 0 Å². The first-order valence-corrected chi connectivity index (χ1v) is 9.24. The molecule has 0 saturated heterocycles. The molecule has 148 valence electrons. The van der Waals surface area contributed by atoms with Gasteiger partial charge in [0.05, 0.1) is 11.1 Å². The molecule has 0 atom stereocenters. The number of aliphatic hydroxyl groups is 1. The van der Waals surface area contributed by atoms with Gasteiger partial charge in [-0.3, -0.25) is 0 Å². The van der Waals surface area contributed by atoms with Crippen LogP contribution in [0.25, 0.3) is 0 Å². The molecule has 0 saturated carbocycles. The zero-order valence-electron chi connectivity index (χ0n) is 14.0. The summed E-state index contributed by atoms with van der Waals surface area (Å²) < 4.78 is 76.6. The maximum absolute atomic E-state index is 12.8. The summed E-state index contributed by atoms with van der Waals surface area (Å²) >= 11 is 3.26. The highest BCUT2D eigenvalue weighted by Crippen LogP contribution is 2.38. The number of rotatable bonds is 6. The van der Waals surface area contributed by atoms with Crippen molar-refractivity contribution in [1.82, 2.24) is 0 Å². The Morgan fingerprint density at radius 2 is 0.963 bits per heavy atom. The van der Waals surface area contributed by atoms with Crippen LogP contribution >= 0.6 is 15.9 Å². The molecule has 1 N–H and O–H groups in total. The van der Waals surface area contributed by atoms with Crippen LogP contribution in [0.4, 0.5) is 26.3 Å². The summed E-state index contributed by atoms with van der Waals surface area (Å²) in [5.41, 5.74) is -3.01. The molecule has 27 heavy (non-hydrogen) atoms. The van der Waals surface area contributed by atoms with E-state index in [-0.39, 0.29) is 17.5 Å². The molecule has 2 rings (SSSR count). The van der Waals surface area contributed by atoms with Crippen LogP contribution in [0.5, 0.6) is 0 Å². The Labute approximate surface area is 161 Å². The van der Waals surface area contributed by atoms with Crippen LogP contribution in [0, 0.1) is 0 Å². The van der Waals surface area contributed by atoms with Gasteiger partial charge in [0.25, 0.3) is 0 Å². The molecule has 0 aliphatic carbocycles. The predicted molar refractivity (Wildman–Crippen MR) is 93.5 cm³/mol. The van der Waals surface area contributed by atoms with E-state index in [4.69, 9.17) is 0 Å². The van der Waals surface area contributed by atoms with Crippen molar-refractivity contribution in [3.63, 3.8) is 0 Å². The maximum Gasteiger partial charge on any atom is 0.416 e. The van der Waals surface area contributed by atoms with Gasteiger partial charge in [0, 0.05) is 5.33 Å². The number of hydrogen-bond donors (Lipinski definition) is 1. The van der Waals surface area contributed by atoms with Crippen molar-refractivity contribution in [3.05, 3.63) is 70.8 Å². The zero-order chi connectivity index (χ0) is 20.3. The van der Waals surface area contributed by atoms with E-state index in [2.05, 4.69) is 15.9 Å². The molecular weight excluding hydrogens is 438 g/mol. The molecule has 0 bridgehead atoms. The molecule has 0 aliphatic rings. The summed E-state index contributed by atoms with van der Waals surface area (Å²) in [5.74, 6) is 0. The lowest BCUT2D eigenvalue weighted by atomic mass is 9.81. The van der Waals surface area contributed by atoms with Gasteiger partial charge >= 0.3 is 12.4 Å². The van der Waals surface area contributed by atoms with Crippen LogP contribution in [0.15, 0.2) is 48.5 Å². The van der Waals surface area contributed by atoms with Crippen molar-refractivity contribution in [2.24, 2.45) is 0 Å². The second kappa shape index (κ2) is 8.22. The second-order valence-electron chi connectivity index (χ2n) is 6.16. The summed E-state index contributed by atoms with van der Waals surface area (Å²) in [4.78, 5) is 0. The van der Waals surface area contributed by atoms with Crippen molar-refractivity contribution in [1.29, 1.82) is 0 Å². The molecule has 0 spiro atoms. The van der Waals surface area contributed by atoms with Gasteiger partial charge in [-0.1, -0.05) is 40.2 Å². The SMILES string of the molecule is OC(CCCCBr)(c1ccc(C(F)(F)F)cc1)c1ccc(C(F)(F)F)cc1. The quantitative estimate of drug-likeness (QED) is 0.299. The largest absolute Gasteiger partial charge is 0.416 e. The van der Waals surface area contributed by atoms with Crippen LogP contribution in [-0.4, -0.2) is 10.4 Å². The van der Waals surface area contributed by atoms with Gasteiger partial charge in [-0.25, -0.2) is 0 Å². The molecule has 8 heteroatoms. The normalized spacial score (nSPS) is 13.0. The second-order valence-corrected chi connectivity index (χ2v) is 6.95. The Kier molecular flexibility index (Phi) is 6.63. The molecule has 2 aromatic rings. The molecule has 0 aromatic heterocycles. The lowest BCUT2D eigenvalue weighted by molar-refractivity contribution is -0.138. The van der Waals surface area contributed by atoms with E-state index in [0.717, 1.165) is 48.5 Å². The lowest BCUT2D eigenvalue weighted by Gasteiger charge is -2.30. The van der Waals surface area contributed by atoms with Crippen LogP contribution in [0.2, 0.25) is 0 Å². The number of alkyl halides is 7. The van der Waals surface area contributed by atoms with Crippen LogP contribution in [0.3, 0.4) is 0 Å². The van der Waals surface area contributed by atoms with Gasteiger partial charge < -0.3 is 5.11 Å². The highest BCUT2D eigenvalue weighted by molar-refractivity contribution is 9.09. The topological polar surface area (TPSA) is 20.2 Å².